The minimum Gasteiger partial charge on any atom is -0.477 e. The van der Waals surface area contributed by atoms with Crippen LogP contribution in [0.2, 0.25) is 0 Å². The Labute approximate surface area is 65.1 Å². The van der Waals surface area contributed by atoms with Crippen molar-refractivity contribution in [3.05, 3.63) is 24.4 Å². The van der Waals surface area contributed by atoms with E-state index in [0.717, 1.165) is 5.57 Å². The van der Waals surface area contributed by atoms with Gasteiger partial charge >= 0.3 is 5.97 Å². The smallest absolute Gasteiger partial charge is 0.353 e. The van der Waals surface area contributed by atoms with Gasteiger partial charge in [0.25, 0.3) is 0 Å². The zero-order chi connectivity index (χ0) is 8.85. The van der Waals surface area contributed by atoms with Gasteiger partial charge in [0, 0.05) is 0 Å². The molecular weight excluding hydrogens is 146 g/mol. The Morgan fingerprint density at radius 3 is 2.55 bits per heavy atom. The molecule has 0 aromatic heterocycles. The number of carboxylic acid groups (broad SMARTS) is 1. The lowest BCUT2D eigenvalue weighted by molar-refractivity contribution is -0.134. The van der Waals surface area contributed by atoms with Gasteiger partial charge in [-0.25, -0.2) is 4.79 Å². The van der Waals surface area contributed by atoms with Crippen molar-refractivity contribution in [2.45, 2.75) is 6.92 Å². The monoisotopic (exact) mass is 157 g/mol. The lowest BCUT2D eigenvalue weighted by Gasteiger charge is -2.04. The highest BCUT2D eigenvalue weighted by Crippen LogP contribution is 1.88. The first-order valence-corrected chi connectivity index (χ1v) is 2.98. The molecule has 0 aliphatic heterocycles. The Bertz CT molecular complexity index is 186. The average Bonchev–Trinajstić information content (AvgIpc) is 1.86. The van der Waals surface area contributed by atoms with Gasteiger partial charge in [-0.2, -0.15) is 0 Å². The van der Waals surface area contributed by atoms with E-state index in [-0.39, 0.29) is 12.3 Å². The number of hydrogen-bond acceptors (Lipinski definition) is 3. The highest BCUT2D eigenvalue weighted by atomic mass is 16.6. The summed E-state index contributed by atoms with van der Waals surface area (Å²) in [5.41, 5.74) is 2.77. The van der Waals surface area contributed by atoms with Gasteiger partial charge in [0.1, 0.15) is 5.70 Å². The first kappa shape index (κ1) is 9.71. The molecule has 0 aliphatic carbocycles. The molecule has 0 fully saturated rings. The van der Waals surface area contributed by atoms with Crippen LogP contribution in [0.5, 0.6) is 0 Å². The first-order chi connectivity index (χ1) is 5.04. The lowest BCUT2D eigenvalue weighted by atomic mass is 10.4. The fourth-order valence-corrected chi connectivity index (χ4v) is 0.290. The molecule has 0 aromatic carbocycles. The molecule has 0 aliphatic rings. The Balaban J connectivity index is 3.47. The second-order valence-electron chi connectivity index (χ2n) is 2.13. The zero-order valence-electron chi connectivity index (χ0n) is 6.39. The summed E-state index contributed by atoms with van der Waals surface area (Å²) in [6, 6.07) is 0. The second kappa shape index (κ2) is 4.51. The van der Waals surface area contributed by atoms with E-state index in [1.807, 2.05) is 0 Å². The molecule has 0 amide bonds. The van der Waals surface area contributed by atoms with Crippen molar-refractivity contribution in [2.75, 3.05) is 6.61 Å². The molecule has 4 nitrogen and oxygen atoms in total. The van der Waals surface area contributed by atoms with E-state index in [2.05, 4.69) is 23.5 Å². The van der Waals surface area contributed by atoms with E-state index in [1.54, 1.807) is 6.92 Å². The van der Waals surface area contributed by atoms with Gasteiger partial charge in [-0.05, 0) is 6.92 Å². The zero-order valence-corrected chi connectivity index (χ0v) is 6.39. The van der Waals surface area contributed by atoms with Crippen LogP contribution in [0.4, 0.5) is 0 Å². The van der Waals surface area contributed by atoms with E-state index in [1.165, 1.54) is 0 Å². The SMILES string of the molecule is C=C(C)CONC(=C)C(=O)O. The summed E-state index contributed by atoms with van der Waals surface area (Å²) < 4.78 is 0. The first-order valence-electron chi connectivity index (χ1n) is 2.98. The molecular formula is C7H11NO3. The third-order valence-corrected chi connectivity index (χ3v) is 0.772. The molecule has 2 N–H and O–H groups in total. The van der Waals surface area contributed by atoms with Gasteiger partial charge in [0.15, 0.2) is 0 Å². The number of carbonyl (C=O) groups is 1. The maximum atomic E-state index is 10.1. The number of nitrogens with one attached hydrogen (secondary N) is 1. The molecule has 0 spiro atoms. The maximum Gasteiger partial charge on any atom is 0.353 e. The highest BCUT2D eigenvalue weighted by molar-refractivity contribution is 5.84. The molecule has 0 rings (SSSR count). The number of rotatable bonds is 5. The summed E-state index contributed by atoms with van der Waals surface area (Å²) in [7, 11) is 0. The van der Waals surface area contributed by atoms with Gasteiger partial charge in [-0.1, -0.05) is 18.7 Å². The highest BCUT2D eigenvalue weighted by Gasteiger charge is 2.01. The number of hydrogen-bond donors (Lipinski definition) is 2. The normalized spacial score (nSPS) is 8.82. The molecule has 0 unspecified atom stereocenters. The van der Waals surface area contributed by atoms with Crippen LogP contribution in [0.1, 0.15) is 6.92 Å². The quantitative estimate of drug-likeness (QED) is 0.350. The van der Waals surface area contributed by atoms with E-state index in [0.29, 0.717) is 0 Å². The topological polar surface area (TPSA) is 58.6 Å². The van der Waals surface area contributed by atoms with Crippen molar-refractivity contribution in [3.8, 4) is 0 Å². The summed E-state index contributed by atoms with van der Waals surface area (Å²) in [5, 5.41) is 8.28. The maximum absolute atomic E-state index is 10.1. The third-order valence-electron chi connectivity index (χ3n) is 0.772. The van der Waals surface area contributed by atoms with Crippen LogP contribution in [0.3, 0.4) is 0 Å². The molecule has 62 valence electrons. The molecule has 0 atom stereocenters. The summed E-state index contributed by atoms with van der Waals surface area (Å²) in [6.45, 7) is 8.78. The molecule has 0 saturated heterocycles. The minimum absolute atomic E-state index is 0.189. The van der Waals surface area contributed by atoms with Crippen LogP contribution in [-0.4, -0.2) is 17.7 Å². The average molecular weight is 157 g/mol. The van der Waals surface area contributed by atoms with Crippen molar-refractivity contribution in [1.29, 1.82) is 0 Å². The fraction of sp³-hybridized carbons (Fsp3) is 0.286. The summed E-state index contributed by atoms with van der Waals surface area (Å²) in [5.74, 6) is -1.13. The standard InChI is InChI=1S/C7H11NO3/c1-5(2)4-11-8-6(3)7(9)10/h8H,1,3-4H2,2H3,(H,9,10). The minimum atomic E-state index is -1.13. The fourth-order valence-electron chi connectivity index (χ4n) is 0.290. The molecule has 0 bridgehead atoms. The molecule has 0 radical (unpaired) electrons. The summed E-state index contributed by atoms with van der Waals surface area (Å²) >= 11 is 0. The summed E-state index contributed by atoms with van der Waals surface area (Å²) in [6.07, 6.45) is 0. The van der Waals surface area contributed by atoms with Crippen molar-refractivity contribution in [3.63, 3.8) is 0 Å². The predicted octanol–water partition coefficient (Wildman–Crippen LogP) is 0.682. The van der Waals surface area contributed by atoms with E-state index < -0.39 is 5.97 Å². The lowest BCUT2D eigenvalue weighted by Crippen LogP contribution is -2.20. The van der Waals surface area contributed by atoms with Gasteiger partial charge in [-0.3, -0.25) is 10.3 Å². The van der Waals surface area contributed by atoms with Crippen LogP contribution < -0.4 is 5.48 Å². The molecule has 11 heavy (non-hydrogen) atoms. The van der Waals surface area contributed by atoms with Crippen LogP contribution in [0.15, 0.2) is 24.4 Å². The predicted molar refractivity (Wildman–Crippen MR) is 40.7 cm³/mol. The third kappa shape index (κ3) is 5.17. The molecule has 0 heterocycles. The van der Waals surface area contributed by atoms with E-state index in [9.17, 15) is 4.79 Å². The summed E-state index contributed by atoms with van der Waals surface area (Å²) in [4.78, 5) is 14.8. The van der Waals surface area contributed by atoms with Crippen LogP contribution in [-0.2, 0) is 9.63 Å². The molecule has 0 aromatic rings. The number of aliphatic carboxylic acids is 1. The number of carboxylic acids is 1. The van der Waals surface area contributed by atoms with Gasteiger partial charge < -0.3 is 5.11 Å². The number of hydroxylamine groups is 1. The second-order valence-corrected chi connectivity index (χ2v) is 2.13. The Kier molecular flexibility index (Phi) is 3.98. The molecule has 0 saturated carbocycles. The van der Waals surface area contributed by atoms with Crippen molar-refractivity contribution < 1.29 is 14.7 Å². The Morgan fingerprint density at radius 2 is 2.18 bits per heavy atom. The van der Waals surface area contributed by atoms with Crippen LogP contribution >= 0.6 is 0 Å². The molecule has 4 heteroatoms. The van der Waals surface area contributed by atoms with Crippen LogP contribution in [0.25, 0.3) is 0 Å². The largest absolute Gasteiger partial charge is 0.477 e. The Morgan fingerprint density at radius 1 is 1.64 bits per heavy atom. The van der Waals surface area contributed by atoms with Crippen molar-refractivity contribution in [2.24, 2.45) is 0 Å². The van der Waals surface area contributed by atoms with E-state index in [4.69, 9.17) is 5.11 Å². The van der Waals surface area contributed by atoms with Crippen molar-refractivity contribution >= 4 is 5.97 Å². The van der Waals surface area contributed by atoms with Gasteiger partial charge in [-0.15, -0.1) is 0 Å². The van der Waals surface area contributed by atoms with Gasteiger partial charge in [0.2, 0.25) is 0 Å². The van der Waals surface area contributed by atoms with E-state index >= 15 is 0 Å². The van der Waals surface area contributed by atoms with Gasteiger partial charge in [0.05, 0.1) is 6.61 Å². The van der Waals surface area contributed by atoms with Crippen LogP contribution in [0, 0.1) is 0 Å². The van der Waals surface area contributed by atoms with Crippen molar-refractivity contribution in [1.82, 2.24) is 5.48 Å². The Hall–Kier alpha value is -1.29.